The minimum absolute atomic E-state index is 0.275. The molecule has 0 radical (unpaired) electrons. The highest BCUT2D eigenvalue weighted by Gasteiger charge is 2.38. The molecule has 160 valence electrons. The highest BCUT2D eigenvalue weighted by atomic mass is 16.2. The minimum Gasteiger partial charge on any atom is -0.342 e. The van der Waals surface area contributed by atoms with Crippen molar-refractivity contribution >= 4 is 24.0 Å². The van der Waals surface area contributed by atoms with E-state index in [1.54, 1.807) is 19.1 Å². The summed E-state index contributed by atoms with van der Waals surface area (Å²) >= 11 is 0. The molecule has 0 aliphatic carbocycles. The zero-order valence-corrected chi connectivity index (χ0v) is 17.1. The molecule has 1 aromatic rings. The second-order valence-electron chi connectivity index (χ2n) is 7.77. The number of hydrogen-bond donors (Lipinski definition) is 2. The van der Waals surface area contributed by atoms with E-state index in [1.165, 1.54) is 9.80 Å². The summed E-state index contributed by atoms with van der Waals surface area (Å²) in [4.78, 5) is 52.9. The van der Waals surface area contributed by atoms with Gasteiger partial charge in [-0.1, -0.05) is 42.5 Å². The highest BCUT2D eigenvalue weighted by Crippen LogP contribution is 2.19. The lowest BCUT2D eigenvalue weighted by atomic mass is 10.0. The lowest BCUT2D eigenvalue weighted by Gasteiger charge is -2.30. The first kappa shape index (κ1) is 21.7. The van der Waals surface area contributed by atoms with Crippen molar-refractivity contribution in [3.05, 3.63) is 48.0 Å². The first-order valence-corrected chi connectivity index (χ1v) is 10.2. The summed E-state index contributed by atoms with van der Waals surface area (Å²) in [6.07, 6.45) is 5.67. The predicted molar refractivity (Wildman–Crippen MR) is 111 cm³/mol. The molecule has 0 aromatic heterocycles. The van der Waals surface area contributed by atoms with Gasteiger partial charge in [0.2, 0.25) is 17.7 Å². The van der Waals surface area contributed by atoms with Gasteiger partial charge in [0.05, 0.1) is 6.04 Å². The Bertz CT molecular complexity index is 824. The van der Waals surface area contributed by atoms with Crippen LogP contribution in [0.2, 0.25) is 0 Å². The first-order valence-electron chi connectivity index (χ1n) is 10.2. The van der Waals surface area contributed by atoms with Gasteiger partial charge in [-0.3, -0.25) is 14.4 Å². The molecule has 8 nitrogen and oxygen atoms in total. The van der Waals surface area contributed by atoms with E-state index in [2.05, 4.69) is 5.32 Å². The predicted octanol–water partition coefficient (Wildman–Crippen LogP) is 0.0180. The molecule has 2 aliphatic heterocycles. The lowest BCUT2D eigenvalue weighted by Crippen LogP contribution is -2.56. The van der Waals surface area contributed by atoms with Gasteiger partial charge in [0.1, 0.15) is 24.4 Å². The number of rotatable bonds is 7. The van der Waals surface area contributed by atoms with Crippen LogP contribution in [0.5, 0.6) is 0 Å². The number of benzene rings is 1. The molecule has 0 saturated carbocycles. The van der Waals surface area contributed by atoms with Crippen molar-refractivity contribution in [2.75, 3.05) is 13.1 Å². The van der Waals surface area contributed by atoms with Gasteiger partial charge in [-0.15, -0.1) is 0 Å². The molecule has 3 amide bonds. The fourth-order valence-electron chi connectivity index (χ4n) is 3.98. The number of carbonyl (C=O) groups excluding carboxylic acids is 4. The summed E-state index contributed by atoms with van der Waals surface area (Å²) in [5, 5.41) is 2.84. The molecule has 0 bridgehead atoms. The highest BCUT2D eigenvalue weighted by molar-refractivity contribution is 5.94. The van der Waals surface area contributed by atoms with Gasteiger partial charge in [0.25, 0.3) is 0 Å². The number of aldehydes is 1. The zero-order valence-electron chi connectivity index (χ0n) is 17.1. The van der Waals surface area contributed by atoms with Crippen LogP contribution >= 0.6 is 0 Å². The number of amides is 3. The van der Waals surface area contributed by atoms with Crippen molar-refractivity contribution in [3.8, 4) is 0 Å². The number of carbonyl (C=O) groups is 4. The molecule has 3 N–H and O–H groups in total. The average molecular weight is 412 g/mol. The summed E-state index contributed by atoms with van der Waals surface area (Å²) in [6, 6.07) is 6.57. The van der Waals surface area contributed by atoms with E-state index in [0.717, 1.165) is 5.56 Å². The Hall–Kier alpha value is -3.00. The minimum atomic E-state index is -0.838. The summed E-state index contributed by atoms with van der Waals surface area (Å²) in [5.74, 6) is -0.966. The van der Waals surface area contributed by atoms with Gasteiger partial charge in [0.15, 0.2) is 0 Å². The molecule has 1 fully saturated rings. The van der Waals surface area contributed by atoms with Gasteiger partial charge >= 0.3 is 0 Å². The monoisotopic (exact) mass is 412 g/mol. The second-order valence-corrected chi connectivity index (χ2v) is 7.77. The van der Waals surface area contributed by atoms with E-state index in [0.29, 0.717) is 38.6 Å². The molecule has 3 rings (SSSR count). The van der Waals surface area contributed by atoms with E-state index in [1.807, 2.05) is 30.3 Å². The Balaban J connectivity index is 1.78. The summed E-state index contributed by atoms with van der Waals surface area (Å²) in [7, 11) is 0. The van der Waals surface area contributed by atoms with E-state index in [9.17, 15) is 19.2 Å². The maximum Gasteiger partial charge on any atom is 0.246 e. The van der Waals surface area contributed by atoms with Gasteiger partial charge < -0.3 is 25.6 Å². The number of nitrogens with zero attached hydrogens (tertiary/aromatic N) is 2. The Kier molecular flexibility index (Phi) is 6.99. The van der Waals surface area contributed by atoms with E-state index in [-0.39, 0.29) is 17.7 Å². The smallest absolute Gasteiger partial charge is 0.246 e. The maximum absolute atomic E-state index is 13.2. The Labute approximate surface area is 176 Å². The third-order valence-electron chi connectivity index (χ3n) is 5.54. The number of nitrogens with two attached hydrogens (primary N) is 1. The van der Waals surface area contributed by atoms with Crippen LogP contribution in [0, 0.1) is 0 Å². The molecular formula is C22H28N4O4. The second kappa shape index (κ2) is 9.67. The van der Waals surface area contributed by atoms with Gasteiger partial charge in [-0.25, -0.2) is 0 Å². The van der Waals surface area contributed by atoms with Crippen LogP contribution in [0.4, 0.5) is 0 Å². The van der Waals surface area contributed by atoms with Gasteiger partial charge in [0, 0.05) is 19.5 Å². The third kappa shape index (κ3) is 4.76. The topological polar surface area (TPSA) is 113 Å². The first-order chi connectivity index (χ1) is 14.4. The van der Waals surface area contributed by atoms with Crippen molar-refractivity contribution in [3.63, 3.8) is 0 Å². The Morgan fingerprint density at radius 2 is 1.93 bits per heavy atom. The fraction of sp³-hybridized carbons (Fsp3) is 0.455. The Morgan fingerprint density at radius 3 is 2.60 bits per heavy atom. The largest absolute Gasteiger partial charge is 0.342 e. The number of nitrogens with one attached hydrogen (secondary N) is 1. The fourth-order valence-corrected chi connectivity index (χ4v) is 3.98. The third-order valence-corrected chi connectivity index (χ3v) is 5.54. The van der Waals surface area contributed by atoms with Crippen molar-refractivity contribution in [1.82, 2.24) is 15.1 Å². The quantitative estimate of drug-likeness (QED) is 0.484. The Morgan fingerprint density at radius 1 is 1.20 bits per heavy atom. The van der Waals surface area contributed by atoms with Crippen LogP contribution in [-0.2, 0) is 25.6 Å². The van der Waals surface area contributed by atoms with Gasteiger partial charge in [-0.2, -0.15) is 0 Å². The average Bonchev–Trinajstić information content (AvgIpc) is 3.42. The molecule has 30 heavy (non-hydrogen) atoms. The lowest BCUT2D eigenvalue weighted by molar-refractivity contribution is -0.142. The van der Waals surface area contributed by atoms with Gasteiger partial charge in [-0.05, 0) is 25.3 Å². The van der Waals surface area contributed by atoms with Crippen molar-refractivity contribution in [2.24, 2.45) is 5.73 Å². The molecule has 1 saturated heterocycles. The van der Waals surface area contributed by atoms with E-state index in [4.69, 9.17) is 5.73 Å². The molecule has 8 heteroatoms. The molecule has 0 unspecified atom stereocenters. The SMILES string of the molecule is C[C@H](N)C(=O)N1CCC[C@H]1C(=O)N[C@@H](Cc1ccccc1)C(=O)N1CC=C[C@H]1C=O. The van der Waals surface area contributed by atoms with Crippen LogP contribution in [0.1, 0.15) is 25.3 Å². The maximum atomic E-state index is 13.2. The van der Waals surface area contributed by atoms with Crippen LogP contribution in [-0.4, -0.2) is 71.1 Å². The molecular weight excluding hydrogens is 384 g/mol. The zero-order chi connectivity index (χ0) is 21.7. The molecule has 4 atom stereocenters. The van der Waals surface area contributed by atoms with E-state index >= 15 is 0 Å². The van der Waals surface area contributed by atoms with Crippen LogP contribution in [0.3, 0.4) is 0 Å². The van der Waals surface area contributed by atoms with Crippen LogP contribution in [0.25, 0.3) is 0 Å². The van der Waals surface area contributed by atoms with Crippen molar-refractivity contribution in [2.45, 2.75) is 50.4 Å². The van der Waals surface area contributed by atoms with Crippen LogP contribution < -0.4 is 11.1 Å². The molecule has 1 aromatic carbocycles. The van der Waals surface area contributed by atoms with E-state index < -0.39 is 24.2 Å². The number of likely N-dealkylation sites (tertiary alicyclic amines) is 1. The summed E-state index contributed by atoms with van der Waals surface area (Å²) < 4.78 is 0. The normalized spacial score (nSPS) is 22.6. The molecule has 2 heterocycles. The van der Waals surface area contributed by atoms with Crippen LogP contribution in [0.15, 0.2) is 42.5 Å². The molecule has 2 aliphatic rings. The van der Waals surface area contributed by atoms with Crippen molar-refractivity contribution < 1.29 is 19.2 Å². The summed E-state index contributed by atoms with van der Waals surface area (Å²) in [5.41, 5.74) is 6.61. The standard InChI is InChI=1S/C22H28N4O4/c1-15(23)21(29)26-12-6-10-19(26)20(28)24-18(13-16-7-3-2-4-8-16)22(30)25-11-5-9-17(25)14-27/h2-5,7-9,14-15,17-19H,6,10-13,23H2,1H3,(H,24,28)/t15-,17-,18-,19-/m0/s1. The number of hydrogen-bond acceptors (Lipinski definition) is 5. The summed E-state index contributed by atoms with van der Waals surface area (Å²) in [6.45, 7) is 2.39. The molecule has 0 spiro atoms. The van der Waals surface area contributed by atoms with Crippen molar-refractivity contribution in [1.29, 1.82) is 0 Å².